The topological polar surface area (TPSA) is 34.4 Å². The molecule has 3 nitrogen and oxygen atoms in total. The molecule has 0 N–H and O–H groups in total. The van der Waals surface area contributed by atoms with Gasteiger partial charge in [0.05, 0.1) is 3.79 Å². The molecular formula is C7H5BrN2OS. The number of imidazole rings is 1. The maximum atomic E-state index is 10.6. The minimum Gasteiger partial charge on any atom is -0.296 e. The van der Waals surface area contributed by atoms with Crippen LogP contribution >= 0.6 is 27.3 Å². The van der Waals surface area contributed by atoms with Crippen molar-refractivity contribution in [3.63, 3.8) is 0 Å². The highest BCUT2D eigenvalue weighted by Gasteiger charge is 2.09. The van der Waals surface area contributed by atoms with Gasteiger partial charge in [-0.05, 0) is 22.9 Å². The Bertz CT molecular complexity index is 445. The van der Waals surface area contributed by atoms with Gasteiger partial charge < -0.3 is 0 Å². The Morgan fingerprint density at radius 3 is 3.17 bits per heavy atom. The van der Waals surface area contributed by atoms with E-state index in [0.717, 1.165) is 20.7 Å². The Hall–Kier alpha value is -0.680. The van der Waals surface area contributed by atoms with Crippen LogP contribution in [0.1, 0.15) is 16.3 Å². The van der Waals surface area contributed by atoms with E-state index in [-0.39, 0.29) is 0 Å². The minimum atomic E-state index is 0.517. The summed E-state index contributed by atoms with van der Waals surface area (Å²) in [5.74, 6) is 0.842. The van der Waals surface area contributed by atoms with Gasteiger partial charge in [0, 0.05) is 6.20 Å². The van der Waals surface area contributed by atoms with E-state index in [0.29, 0.717) is 5.69 Å². The maximum Gasteiger partial charge on any atom is 0.171 e. The summed E-state index contributed by atoms with van der Waals surface area (Å²) in [7, 11) is 0. The lowest BCUT2D eigenvalue weighted by atomic mass is 10.5. The van der Waals surface area contributed by atoms with Crippen LogP contribution in [-0.2, 0) is 0 Å². The van der Waals surface area contributed by atoms with Crippen molar-refractivity contribution >= 4 is 38.4 Å². The summed E-state index contributed by atoms with van der Waals surface area (Å²) in [5.41, 5.74) is 0.517. The number of nitrogens with zero attached hydrogens (tertiary/aromatic N) is 2. The van der Waals surface area contributed by atoms with Crippen molar-refractivity contribution in [3.05, 3.63) is 21.5 Å². The van der Waals surface area contributed by atoms with E-state index < -0.39 is 0 Å². The van der Waals surface area contributed by atoms with Crippen LogP contribution in [0.5, 0.6) is 0 Å². The summed E-state index contributed by atoms with van der Waals surface area (Å²) >= 11 is 4.87. The Kier molecular flexibility index (Phi) is 1.77. The number of hydrogen-bond donors (Lipinski definition) is 0. The number of aldehydes is 1. The summed E-state index contributed by atoms with van der Waals surface area (Å²) in [6, 6.07) is 0. The molecule has 12 heavy (non-hydrogen) atoms. The zero-order valence-electron chi connectivity index (χ0n) is 6.24. The third kappa shape index (κ3) is 1.01. The Morgan fingerprint density at radius 1 is 1.75 bits per heavy atom. The number of fused-ring (bicyclic) bond motifs is 1. The summed E-state index contributed by atoms with van der Waals surface area (Å²) in [6.45, 7) is 1.87. The average molecular weight is 245 g/mol. The highest BCUT2D eigenvalue weighted by molar-refractivity contribution is 9.11. The maximum absolute atomic E-state index is 10.6. The molecule has 0 saturated carbocycles. The molecule has 0 aliphatic carbocycles. The van der Waals surface area contributed by atoms with E-state index in [1.54, 1.807) is 0 Å². The van der Waals surface area contributed by atoms with Crippen molar-refractivity contribution in [1.29, 1.82) is 0 Å². The van der Waals surface area contributed by atoms with E-state index >= 15 is 0 Å². The van der Waals surface area contributed by atoms with E-state index in [1.165, 1.54) is 11.3 Å². The zero-order valence-corrected chi connectivity index (χ0v) is 8.65. The highest BCUT2D eigenvalue weighted by Crippen LogP contribution is 2.26. The van der Waals surface area contributed by atoms with Gasteiger partial charge >= 0.3 is 0 Å². The van der Waals surface area contributed by atoms with Crippen molar-refractivity contribution in [3.8, 4) is 0 Å². The number of aryl methyl sites for hydroxylation is 1. The molecule has 2 aromatic heterocycles. The van der Waals surface area contributed by atoms with Crippen LogP contribution in [0.4, 0.5) is 0 Å². The zero-order chi connectivity index (χ0) is 8.72. The van der Waals surface area contributed by atoms with Gasteiger partial charge in [0.1, 0.15) is 16.3 Å². The molecular weight excluding hydrogens is 240 g/mol. The monoisotopic (exact) mass is 244 g/mol. The first-order valence-corrected chi connectivity index (χ1v) is 4.92. The molecule has 0 spiro atoms. The largest absolute Gasteiger partial charge is 0.296 e. The van der Waals surface area contributed by atoms with Crippen molar-refractivity contribution in [1.82, 2.24) is 9.38 Å². The average Bonchev–Trinajstić information content (AvgIpc) is 2.52. The summed E-state index contributed by atoms with van der Waals surface area (Å²) in [4.78, 5) is 15.5. The molecule has 0 unspecified atom stereocenters. The second-order valence-corrected chi connectivity index (χ2v) is 4.78. The van der Waals surface area contributed by atoms with Gasteiger partial charge in [-0.25, -0.2) is 4.98 Å². The number of hydrogen-bond acceptors (Lipinski definition) is 3. The van der Waals surface area contributed by atoms with Crippen LogP contribution in [0, 0.1) is 6.92 Å². The van der Waals surface area contributed by atoms with Crippen LogP contribution in [0.3, 0.4) is 0 Å². The first kappa shape index (κ1) is 7.94. The molecule has 2 rings (SSSR count). The fourth-order valence-corrected chi connectivity index (χ4v) is 2.59. The van der Waals surface area contributed by atoms with E-state index in [9.17, 15) is 4.79 Å². The molecule has 0 atom stereocenters. The molecule has 62 valence electrons. The Balaban J connectivity index is 2.88. The van der Waals surface area contributed by atoms with Crippen LogP contribution in [0.15, 0.2) is 9.98 Å². The first-order valence-electron chi connectivity index (χ1n) is 3.31. The lowest BCUT2D eigenvalue weighted by Gasteiger charge is -1.82. The molecule has 0 bridgehead atoms. The van der Waals surface area contributed by atoms with E-state index in [2.05, 4.69) is 20.9 Å². The molecule has 2 aromatic rings. The molecule has 0 radical (unpaired) electrons. The fraction of sp³-hybridized carbons (Fsp3) is 0.143. The standard InChI is InChI=1S/C7H5BrN2OS/c1-4-9-5(3-11)7-10(4)2-6(8)12-7/h2-3H,1H3. The van der Waals surface area contributed by atoms with Crippen LogP contribution in [0.2, 0.25) is 0 Å². The van der Waals surface area contributed by atoms with Gasteiger partial charge in [0.25, 0.3) is 0 Å². The highest BCUT2D eigenvalue weighted by atomic mass is 79.9. The van der Waals surface area contributed by atoms with Gasteiger partial charge in [0.15, 0.2) is 6.29 Å². The smallest absolute Gasteiger partial charge is 0.171 e. The fourth-order valence-electron chi connectivity index (χ4n) is 1.10. The van der Waals surface area contributed by atoms with Crippen molar-refractivity contribution in [2.45, 2.75) is 6.92 Å². The lowest BCUT2D eigenvalue weighted by molar-refractivity contribution is 0.112. The van der Waals surface area contributed by atoms with Crippen LogP contribution < -0.4 is 0 Å². The van der Waals surface area contributed by atoms with Crippen LogP contribution in [-0.4, -0.2) is 15.7 Å². The normalized spacial score (nSPS) is 10.8. The summed E-state index contributed by atoms with van der Waals surface area (Å²) in [6.07, 6.45) is 2.70. The van der Waals surface area contributed by atoms with Gasteiger partial charge in [0.2, 0.25) is 0 Å². The number of thiazole rings is 1. The molecule has 5 heteroatoms. The Labute approximate surface area is 81.2 Å². The number of aromatic nitrogens is 2. The van der Waals surface area contributed by atoms with Gasteiger partial charge in [-0.1, -0.05) is 0 Å². The molecule has 2 heterocycles. The minimum absolute atomic E-state index is 0.517. The second kappa shape index (κ2) is 2.67. The third-order valence-corrected chi connectivity index (χ3v) is 3.20. The van der Waals surface area contributed by atoms with Crippen LogP contribution in [0.25, 0.3) is 4.83 Å². The number of carbonyl (C=O) groups excluding carboxylic acids is 1. The van der Waals surface area contributed by atoms with E-state index in [1.807, 2.05) is 17.5 Å². The molecule has 0 aliphatic heterocycles. The van der Waals surface area contributed by atoms with Gasteiger partial charge in [-0.15, -0.1) is 11.3 Å². The molecule has 0 saturated heterocycles. The Morgan fingerprint density at radius 2 is 2.50 bits per heavy atom. The van der Waals surface area contributed by atoms with E-state index in [4.69, 9.17) is 0 Å². The van der Waals surface area contributed by atoms with Crippen molar-refractivity contribution in [2.75, 3.05) is 0 Å². The van der Waals surface area contributed by atoms with Gasteiger partial charge in [-0.3, -0.25) is 9.20 Å². The molecule has 0 aliphatic rings. The first-order chi connectivity index (χ1) is 5.72. The predicted molar refractivity (Wildman–Crippen MR) is 50.9 cm³/mol. The molecule has 0 amide bonds. The SMILES string of the molecule is Cc1nc(C=O)c2sc(Br)cn12. The van der Waals surface area contributed by atoms with Gasteiger partial charge in [-0.2, -0.15) is 0 Å². The predicted octanol–water partition coefficient (Wildman–Crippen LogP) is 2.28. The number of halogens is 1. The number of carbonyl (C=O) groups is 1. The lowest BCUT2D eigenvalue weighted by Crippen LogP contribution is -1.80. The third-order valence-electron chi connectivity index (χ3n) is 1.61. The summed E-state index contributed by atoms with van der Waals surface area (Å²) < 4.78 is 2.91. The van der Waals surface area contributed by atoms with Crippen molar-refractivity contribution in [2.24, 2.45) is 0 Å². The summed E-state index contributed by atoms with van der Waals surface area (Å²) in [5, 5.41) is 0. The number of rotatable bonds is 1. The molecule has 0 fully saturated rings. The van der Waals surface area contributed by atoms with Crippen molar-refractivity contribution < 1.29 is 4.79 Å². The quantitative estimate of drug-likeness (QED) is 0.722. The second-order valence-electron chi connectivity index (χ2n) is 2.37. The molecule has 0 aromatic carbocycles.